The lowest BCUT2D eigenvalue weighted by atomic mass is 9.87. The highest BCUT2D eigenvalue weighted by molar-refractivity contribution is 6.43. The Kier molecular flexibility index (Phi) is 3.50. The Morgan fingerprint density at radius 3 is 1.83 bits per heavy atom. The Hall–Kier alpha value is -1.12. The van der Waals surface area contributed by atoms with E-state index < -0.39 is 34.9 Å². The SMILES string of the molecule is O=C1N=CC(C(F)(C(F)(F)F)C(F)(F)F)C=C1Cl. The molecule has 1 rings (SSSR count). The standard InChI is InChI=1S/C8H3ClF7NO/c9-4-1-3(2-17-5(4)18)6(10,7(11,12)13)8(14,15)16/h1-3H. The highest BCUT2D eigenvalue weighted by Gasteiger charge is 2.75. The zero-order chi connectivity index (χ0) is 14.4. The van der Waals surface area contributed by atoms with Crippen LogP contribution in [0.25, 0.3) is 0 Å². The molecule has 1 aliphatic rings. The monoisotopic (exact) mass is 297 g/mol. The van der Waals surface area contributed by atoms with E-state index in [4.69, 9.17) is 11.6 Å². The van der Waals surface area contributed by atoms with Crippen LogP contribution in [-0.2, 0) is 4.79 Å². The van der Waals surface area contributed by atoms with Crippen molar-refractivity contribution in [3.05, 3.63) is 11.1 Å². The number of carbonyl (C=O) groups is 1. The van der Waals surface area contributed by atoms with Crippen LogP contribution < -0.4 is 0 Å². The first-order valence-corrected chi connectivity index (χ1v) is 4.57. The number of allylic oxidation sites excluding steroid dienone is 1. The van der Waals surface area contributed by atoms with Gasteiger partial charge in [0.25, 0.3) is 5.91 Å². The summed E-state index contributed by atoms with van der Waals surface area (Å²) in [5, 5.41) is -1.00. The summed E-state index contributed by atoms with van der Waals surface area (Å²) < 4.78 is 87.2. The molecule has 10 heteroatoms. The van der Waals surface area contributed by atoms with Crippen LogP contribution in [0.15, 0.2) is 16.1 Å². The van der Waals surface area contributed by atoms with E-state index in [-0.39, 0.29) is 12.3 Å². The Balaban J connectivity index is 3.32. The second-order valence-electron chi connectivity index (χ2n) is 3.33. The van der Waals surface area contributed by atoms with Crippen molar-refractivity contribution in [1.29, 1.82) is 0 Å². The van der Waals surface area contributed by atoms with Gasteiger partial charge in [0, 0.05) is 6.21 Å². The smallest absolute Gasteiger partial charge is 0.266 e. The quantitative estimate of drug-likeness (QED) is 0.684. The van der Waals surface area contributed by atoms with E-state index in [0.717, 1.165) is 0 Å². The number of dihydropyridines is 1. The summed E-state index contributed by atoms with van der Waals surface area (Å²) in [5.74, 6) is -4.08. The van der Waals surface area contributed by atoms with Gasteiger partial charge in [-0.05, 0) is 6.08 Å². The maximum Gasteiger partial charge on any atom is 0.432 e. The first-order valence-electron chi connectivity index (χ1n) is 4.19. The lowest BCUT2D eigenvalue weighted by molar-refractivity contribution is -0.347. The van der Waals surface area contributed by atoms with Crippen LogP contribution in [0.4, 0.5) is 30.7 Å². The molecule has 0 aromatic carbocycles. The lowest BCUT2D eigenvalue weighted by Crippen LogP contribution is -2.58. The molecule has 0 aromatic heterocycles. The van der Waals surface area contributed by atoms with Crippen molar-refractivity contribution < 1.29 is 35.5 Å². The molecule has 0 bridgehead atoms. The minimum absolute atomic E-state index is 0.0396. The van der Waals surface area contributed by atoms with Crippen molar-refractivity contribution in [2.24, 2.45) is 10.9 Å². The number of aliphatic imine (C=N–C) groups is 1. The van der Waals surface area contributed by atoms with E-state index in [1.54, 1.807) is 0 Å². The molecule has 0 saturated carbocycles. The van der Waals surface area contributed by atoms with Crippen LogP contribution >= 0.6 is 11.6 Å². The molecular formula is C8H3ClF7NO. The Bertz CT molecular complexity index is 408. The average molecular weight is 298 g/mol. The summed E-state index contributed by atoms with van der Waals surface area (Å²) in [6.07, 6.45) is -12.5. The third-order valence-electron chi connectivity index (χ3n) is 2.17. The molecule has 2 nitrogen and oxygen atoms in total. The maximum atomic E-state index is 13.4. The van der Waals surface area contributed by atoms with Crippen LogP contribution in [0, 0.1) is 5.92 Å². The molecule has 0 aromatic rings. The summed E-state index contributed by atoms with van der Waals surface area (Å²) >= 11 is 5.06. The van der Waals surface area contributed by atoms with Gasteiger partial charge in [-0.15, -0.1) is 0 Å². The highest BCUT2D eigenvalue weighted by Crippen LogP contribution is 2.51. The number of hydrogen-bond acceptors (Lipinski definition) is 1. The lowest BCUT2D eigenvalue weighted by Gasteiger charge is -2.34. The van der Waals surface area contributed by atoms with E-state index in [2.05, 4.69) is 4.99 Å². The Labute approximate surface area is 100 Å². The second-order valence-corrected chi connectivity index (χ2v) is 3.74. The van der Waals surface area contributed by atoms with E-state index in [9.17, 15) is 35.5 Å². The van der Waals surface area contributed by atoms with Gasteiger partial charge in [-0.2, -0.15) is 26.3 Å². The summed E-state index contributed by atoms with van der Waals surface area (Å²) in [5.41, 5.74) is -5.55. The second kappa shape index (κ2) is 4.22. The van der Waals surface area contributed by atoms with Crippen molar-refractivity contribution in [3.63, 3.8) is 0 Å². The normalized spacial score (nSPS) is 22.1. The number of alkyl halides is 7. The number of rotatable bonds is 1. The van der Waals surface area contributed by atoms with Crippen molar-refractivity contribution >= 4 is 23.7 Å². The van der Waals surface area contributed by atoms with E-state index in [1.807, 2.05) is 0 Å². The molecule has 1 aliphatic heterocycles. The largest absolute Gasteiger partial charge is 0.432 e. The Morgan fingerprint density at radius 2 is 1.50 bits per heavy atom. The van der Waals surface area contributed by atoms with Crippen LogP contribution in [-0.4, -0.2) is 30.1 Å². The molecule has 18 heavy (non-hydrogen) atoms. The third-order valence-corrected chi connectivity index (χ3v) is 2.45. The van der Waals surface area contributed by atoms with Gasteiger partial charge in [0.15, 0.2) is 0 Å². The summed E-state index contributed by atoms with van der Waals surface area (Å²) in [6, 6.07) is 0. The van der Waals surface area contributed by atoms with Gasteiger partial charge in [-0.3, -0.25) is 4.79 Å². The molecule has 102 valence electrons. The predicted molar refractivity (Wildman–Crippen MR) is 46.9 cm³/mol. The number of hydrogen-bond donors (Lipinski definition) is 0. The van der Waals surface area contributed by atoms with Crippen LogP contribution in [0.5, 0.6) is 0 Å². The fraction of sp³-hybridized carbons (Fsp3) is 0.500. The summed E-state index contributed by atoms with van der Waals surface area (Å²) in [6.45, 7) is 0. The summed E-state index contributed by atoms with van der Waals surface area (Å²) in [4.78, 5) is 13.4. The fourth-order valence-electron chi connectivity index (χ4n) is 1.24. The van der Waals surface area contributed by atoms with Gasteiger partial charge in [-0.1, -0.05) is 11.6 Å². The molecule has 0 aliphatic carbocycles. The minimum atomic E-state index is -6.23. The van der Waals surface area contributed by atoms with Crippen molar-refractivity contribution in [2.75, 3.05) is 0 Å². The molecule has 1 unspecified atom stereocenters. The minimum Gasteiger partial charge on any atom is -0.266 e. The molecule has 0 fully saturated rings. The van der Waals surface area contributed by atoms with Gasteiger partial charge in [0.1, 0.15) is 5.03 Å². The average Bonchev–Trinajstić information content (AvgIpc) is 2.17. The number of amides is 1. The van der Waals surface area contributed by atoms with Crippen molar-refractivity contribution in [1.82, 2.24) is 0 Å². The van der Waals surface area contributed by atoms with Gasteiger partial charge in [0.2, 0.25) is 0 Å². The molecular weight excluding hydrogens is 295 g/mol. The van der Waals surface area contributed by atoms with E-state index in [1.165, 1.54) is 0 Å². The van der Waals surface area contributed by atoms with Gasteiger partial charge >= 0.3 is 18.0 Å². The molecule has 0 saturated heterocycles. The topological polar surface area (TPSA) is 29.4 Å². The number of halogens is 8. The fourth-order valence-corrected chi connectivity index (χ4v) is 1.42. The van der Waals surface area contributed by atoms with Gasteiger partial charge < -0.3 is 0 Å². The maximum absolute atomic E-state index is 13.4. The first kappa shape index (κ1) is 14.9. The van der Waals surface area contributed by atoms with Crippen LogP contribution in [0.1, 0.15) is 0 Å². The zero-order valence-corrected chi connectivity index (χ0v) is 8.87. The van der Waals surface area contributed by atoms with Crippen molar-refractivity contribution in [2.45, 2.75) is 18.0 Å². The number of nitrogens with zero attached hydrogens (tertiary/aromatic N) is 1. The molecule has 0 radical (unpaired) electrons. The first-order chi connectivity index (χ1) is 7.91. The van der Waals surface area contributed by atoms with Gasteiger partial charge in [0.05, 0.1) is 5.92 Å². The van der Waals surface area contributed by atoms with Crippen LogP contribution in [0.2, 0.25) is 0 Å². The van der Waals surface area contributed by atoms with Crippen LogP contribution in [0.3, 0.4) is 0 Å². The summed E-state index contributed by atoms with van der Waals surface area (Å²) in [7, 11) is 0. The molecule has 1 heterocycles. The highest BCUT2D eigenvalue weighted by atomic mass is 35.5. The van der Waals surface area contributed by atoms with E-state index >= 15 is 0 Å². The zero-order valence-electron chi connectivity index (χ0n) is 8.11. The van der Waals surface area contributed by atoms with Crippen molar-refractivity contribution in [3.8, 4) is 0 Å². The van der Waals surface area contributed by atoms with E-state index in [0.29, 0.717) is 0 Å². The molecule has 0 spiro atoms. The number of carbonyl (C=O) groups excluding carboxylic acids is 1. The van der Waals surface area contributed by atoms with Gasteiger partial charge in [-0.25, -0.2) is 9.38 Å². The molecule has 0 N–H and O–H groups in total. The predicted octanol–water partition coefficient (Wildman–Crippen LogP) is 3.17. The molecule has 1 atom stereocenters. The molecule has 1 amide bonds. The third kappa shape index (κ3) is 2.23. The Morgan fingerprint density at radius 1 is 1.06 bits per heavy atom.